The highest BCUT2D eigenvalue weighted by atomic mass is 35.5. The van der Waals surface area contributed by atoms with Gasteiger partial charge in [0.25, 0.3) is 0 Å². The van der Waals surface area contributed by atoms with Crippen LogP contribution in [0.2, 0.25) is 10.0 Å². The van der Waals surface area contributed by atoms with E-state index >= 15 is 0 Å². The summed E-state index contributed by atoms with van der Waals surface area (Å²) in [6.45, 7) is 7.68. The number of benzene rings is 2. The van der Waals surface area contributed by atoms with Gasteiger partial charge in [-0.15, -0.1) is 0 Å². The van der Waals surface area contributed by atoms with Crippen LogP contribution in [0.1, 0.15) is 38.8 Å². The van der Waals surface area contributed by atoms with Gasteiger partial charge in [-0.2, -0.15) is 0 Å². The third kappa shape index (κ3) is 6.25. The standard InChI is InChI=1S/C22H26Cl2N2O2/c1-15(21(28)25-22(2,3)4)26(14-17-10-6-8-12-19(17)24)20(27)13-16-9-5-7-11-18(16)23/h5-12,15H,13-14H2,1-4H3,(H,25,28)/t15-/m0/s1. The lowest BCUT2D eigenvalue weighted by atomic mass is 10.1. The second-order valence-corrected chi connectivity index (χ2v) is 8.61. The second kappa shape index (κ2) is 9.44. The summed E-state index contributed by atoms with van der Waals surface area (Å²) >= 11 is 12.5. The van der Waals surface area contributed by atoms with Crippen LogP contribution in [0.3, 0.4) is 0 Å². The molecule has 0 aliphatic rings. The Morgan fingerprint density at radius 3 is 1.96 bits per heavy atom. The van der Waals surface area contributed by atoms with E-state index in [2.05, 4.69) is 5.32 Å². The Labute approximate surface area is 176 Å². The van der Waals surface area contributed by atoms with Crippen molar-refractivity contribution in [2.24, 2.45) is 0 Å². The first kappa shape index (κ1) is 22.3. The SMILES string of the molecule is C[C@@H](C(=O)NC(C)(C)C)N(Cc1ccccc1Cl)C(=O)Cc1ccccc1Cl. The van der Waals surface area contributed by atoms with Gasteiger partial charge >= 0.3 is 0 Å². The molecule has 28 heavy (non-hydrogen) atoms. The number of nitrogens with zero attached hydrogens (tertiary/aromatic N) is 1. The van der Waals surface area contributed by atoms with Crippen molar-refractivity contribution >= 4 is 35.0 Å². The number of carbonyl (C=O) groups is 2. The topological polar surface area (TPSA) is 49.4 Å². The Morgan fingerprint density at radius 1 is 0.964 bits per heavy atom. The highest BCUT2D eigenvalue weighted by molar-refractivity contribution is 6.31. The Kier molecular flexibility index (Phi) is 7.50. The molecule has 150 valence electrons. The third-order valence-corrected chi connectivity index (χ3v) is 5.00. The Bertz CT molecular complexity index is 846. The van der Waals surface area contributed by atoms with Gasteiger partial charge in [-0.3, -0.25) is 9.59 Å². The van der Waals surface area contributed by atoms with Crippen molar-refractivity contribution in [2.75, 3.05) is 0 Å². The normalized spacial score (nSPS) is 12.4. The van der Waals surface area contributed by atoms with Gasteiger partial charge in [-0.25, -0.2) is 0 Å². The zero-order valence-electron chi connectivity index (χ0n) is 16.6. The highest BCUT2D eigenvalue weighted by Crippen LogP contribution is 2.21. The molecule has 1 atom stereocenters. The van der Waals surface area contributed by atoms with E-state index in [1.165, 1.54) is 0 Å². The minimum Gasteiger partial charge on any atom is -0.350 e. The summed E-state index contributed by atoms with van der Waals surface area (Å²) in [7, 11) is 0. The lowest BCUT2D eigenvalue weighted by molar-refractivity contribution is -0.140. The molecule has 0 fully saturated rings. The zero-order chi connectivity index (χ0) is 20.9. The van der Waals surface area contributed by atoms with E-state index in [9.17, 15) is 9.59 Å². The van der Waals surface area contributed by atoms with Gasteiger partial charge in [0.2, 0.25) is 11.8 Å². The Morgan fingerprint density at radius 2 is 1.46 bits per heavy atom. The molecule has 0 saturated carbocycles. The molecule has 2 rings (SSSR count). The van der Waals surface area contributed by atoms with Gasteiger partial charge in [0.05, 0.1) is 6.42 Å². The van der Waals surface area contributed by atoms with Crippen LogP contribution in [-0.4, -0.2) is 28.3 Å². The van der Waals surface area contributed by atoms with Crippen molar-refractivity contribution in [1.29, 1.82) is 0 Å². The Hall–Kier alpha value is -2.04. The monoisotopic (exact) mass is 420 g/mol. The van der Waals surface area contributed by atoms with E-state index in [0.29, 0.717) is 10.0 Å². The maximum atomic E-state index is 13.1. The van der Waals surface area contributed by atoms with Crippen LogP contribution in [0, 0.1) is 0 Å². The predicted octanol–water partition coefficient (Wildman–Crippen LogP) is 4.87. The molecule has 2 amide bonds. The zero-order valence-corrected chi connectivity index (χ0v) is 18.1. The number of hydrogen-bond donors (Lipinski definition) is 1. The minimum atomic E-state index is -0.662. The van der Waals surface area contributed by atoms with Crippen molar-refractivity contribution in [3.8, 4) is 0 Å². The van der Waals surface area contributed by atoms with E-state index < -0.39 is 11.6 Å². The predicted molar refractivity (Wildman–Crippen MR) is 115 cm³/mol. The maximum absolute atomic E-state index is 13.1. The fourth-order valence-electron chi connectivity index (χ4n) is 2.77. The number of nitrogens with one attached hydrogen (secondary N) is 1. The van der Waals surface area contributed by atoms with Crippen LogP contribution < -0.4 is 5.32 Å². The van der Waals surface area contributed by atoms with Crippen molar-refractivity contribution < 1.29 is 9.59 Å². The summed E-state index contributed by atoms with van der Waals surface area (Å²) in [5.74, 6) is -0.406. The molecule has 1 N–H and O–H groups in total. The maximum Gasteiger partial charge on any atom is 0.242 e. The van der Waals surface area contributed by atoms with Crippen LogP contribution in [-0.2, 0) is 22.6 Å². The highest BCUT2D eigenvalue weighted by Gasteiger charge is 2.29. The van der Waals surface area contributed by atoms with Crippen molar-refractivity contribution in [1.82, 2.24) is 10.2 Å². The summed E-state index contributed by atoms with van der Waals surface area (Å²) in [6, 6.07) is 13.9. The van der Waals surface area contributed by atoms with E-state index in [1.807, 2.05) is 57.2 Å². The van der Waals surface area contributed by atoms with Gasteiger partial charge in [0.1, 0.15) is 6.04 Å². The molecule has 0 unspecified atom stereocenters. The number of rotatable bonds is 6. The van der Waals surface area contributed by atoms with E-state index in [0.717, 1.165) is 11.1 Å². The lowest BCUT2D eigenvalue weighted by Gasteiger charge is -2.32. The minimum absolute atomic E-state index is 0.108. The third-order valence-electron chi connectivity index (χ3n) is 4.26. The lowest BCUT2D eigenvalue weighted by Crippen LogP contribution is -2.52. The molecule has 4 nitrogen and oxygen atoms in total. The molecular formula is C22H26Cl2N2O2. The van der Waals surface area contributed by atoms with E-state index in [1.54, 1.807) is 24.0 Å². The first-order chi connectivity index (χ1) is 13.1. The fourth-order valence-corrected chi connectivity index (χ4v) is 3.17. The van der Waals surface area contributed by atoms with Crippen molar-refractivity contribution in [3.05, 3.63) is 69.7 Å². The molecule has 2 aromatic carbocycles. The van der Waals surface area contributed by atoms with Gasteiger partial charge in [0, 0.05) is 22.1 Å². The molecule has 0 aromatic heterocycles. The van der Waals surface area contributed by atoms with Crippen LogP contribution in [0.25, 0.3) is 0 Å². The van der Waals surface area contributed by atoms with Crippen molar-refractivity contribution in [2.45, 2.75) is 52.2 Å². The molecule has 0 heterocycles. The van der Waals surface area contributed by atoms with Crippen LogP contribution in [0.5, 0.6) is 0 Å². The first-order valence-electron chi connectivity index (χ1n) is 9.17. The van der Waals surface area contributed by atoms with E-state index in [4.69, 9.17) is 23.2 Å². The Balaban J connectivity index is 2.29. The number of amides is 2. The molecule has 6 heteroatoms. The summed E-state index contributed by atoms with van der Waals surface area (Å²) in [6.07, 6.45) is 0.108. The molecular weight excluding hydrogens is 395 g/mol. The summed E-state index contributed by atoms with van der Waals surface area (Å²) < 4.78 is 0. The number of hydrogen-bond acceptors (Lipinski definition) is 2. The average molecular weight is 421 g/mol. The molecule has 0 bridgehead atoms. The summed E-state index contributed by atoms with van der Waals surface area (Å²) in [5.41, 5.74) is 1.11. The van der Waals surface area contributed by atoms with Gasteiger partial charge in [-0.1, -0.05) is 59.6 Å². The number of carbonyl (C=O) groups excluding carboxylic acids is 2. The van der Waals surface area contributed by atoms with Crippen LogP contribution in [0.4, 0.5) is 0 Å². The van der Waals surface area contributed by atoms with Gasteiger partial charge in [0.15, 0.2) is 0 Å². The quantitative estimate of drug-likeness (QED) is 0.724. The molecule has 0 spiro atoms. The van der Waals surface area contributed by atoms with Gasteiger partial charge in [-0.05, 0) is 51.0 Å². The van der Waals surface area contributed by atoms with Crippen molar-refractivity contribution in [3.63, 3.8) is 0 Å². The summed E-state index contributed by atoms with van der Waals surface area (Å²) in [4.78, 5) is 27.4. The first-order valence-corrected chi connectivity index (χ1v) is 9.92. The smallest absolute Gasteiger partial charge is 0.242 e. The molecule has 0 aliphatic heterocycles. The molecule has 0 saturated heterocycles. The van der Waals surface area contributed by atoms with Gasteiger partial charge < -0.3 is 10.2 Å². The van der Waals surface area contributed by atoms with Crippen LogP contribution >= 0.6 is 23.2 Å². The summed E-state index contributed by atoms with van der Waals surface area (Å²) in [5, 5.41) is 4.02. The van der Waals surface area contributed by atoms with Crippen LogP contribution in [0.15, 0.2) is 48.5 Å². The average Bonchev–Trinajstić information content (AvgIpc) is 2.61. The largest absolute Gasteiger partial charge is 0.350 e. The molecule has 0 radical (unpaired) electrons. The number of halogens is 2. The molecule has 0 aliphatic carbocycles. The second-order valence-electron chi connectivity index (χ2n) is 7.80. The fraction of sp³-hybridized carbons (Fsp3) is 0.364. The molecule has 2 aromatic rings. The van der Waals surface area contributed by atoms with E-state index in [-0.39, 0.29) is 24.8 Å².